The van der Waals surface area contributed by atoms with Crippen LogP contribution < -0.4 is 11.1 Å². The number of benzene rings is 2. The van der Waals surface area contributed by atoms with E-state index in [1.165, 1.54) is 0 Å². The molecule has 90 valence electrons. The lowest BCUT2D eigenvalue weighted by Crippen LogP contribution is -1.98. The van der Waals surface area contributed by atoms with Crippen molar-refractivity contribution in [3.63, 3.8) is 0 Å². The van der Waals surface area contributed by atoms with Gasteiger partial charge in [0.05, 0.1) is 23.9 Å². The first kappa shape index (κ1) is 12.0. The first-order chi connectivity index (χ1) is 8.70. The Balaban J connectivity index is 2.22. The van der Waals surface area contributed by atoms with E-state index in [0.29, 0.717) is 6.42 Å². The molecule has 0 atom stereocenters. The number of para-hydroxylation sites is 1. The second-order valence-corrected chi connectivity index (χ2v) is 4.20. The molecule has 0 spiro atoms. The molecule has 2 aromatic carbocycles. The van der Waals surface area contributed by atoms with E-state index in [0.717, 1.165) is 28.2 Å². The van der Waals surface area contributed by atoms with Crippen LogP contribution in [-0.4, -0.2) is 0 Å². The molecule has 0 aliphatic carbocycles. The Morgan fingerprint density at radius 2 is 1.89 bits per heavy atom. The normalized spacial score (nSPS) is 9.78. The van der Waals surface area contributed by atoms with Crippen LogP contribution in [0.5, 0.6) is 0 Å². The third-order valence-electron chi connectivity index (χ3n) is 2.81. The number of hydrogen-bond donors (Lipinski definition) is 2. The zero-order valence-corrected chi connectivity index (χ0v) is 10.3. The number of aryl methyl sites for hydroxylation is 1. The fourth-order valence-corrected chi connectivity index (χ4v) is 1.80. The molecule has 2 rings (SSSR count). The summed E-state index contributed by atoms with van der Waals surface area (Å²) in [7, 11) is 0. The zero-order valence-electron chi connectivity index (χ0n) is 10.3. The highest BCUT2D eigenvalue weighted by atomic mass is 14.9. The van der Waals surface area contributed by atoms with Gasteiger partial charge in [-0.25, -0.2) is 0 Å². The van der Waals surface area contributed by atoms with Crippen molar-refractivity contribution < 1.29 is 0 Å². The van der Waals surface area contributed by atoms with Crippen LogP contribution in [0.4, 0.5) is 17.1 Å². The molecule has 0 saturated carbocycles. The molecule has 18 heavy (non-hydrogen) atoms. The zero-order chi connectivity index (χ0) is 13.0. The van der Waals surface area contributed by atoms with Crippen LogP contribution in [0.15, 0.2) is 42.5 Å². The SMILES string of the molecule is Cc1cccc(N)c1Nc1ccc(CC#N)cc1. The number of nitrogens with two attached hydrogens (primary N) is 1. The predicted octanol–water partition coefficient (Wildman–Crippen LogP) is 3.39. The van der Waals surface area contributed by atoms with Crippen LogP contribution in [-0.2, 0) is 6.42 Å². The van der Waals surface area contributed by atoms with Crippen LogP contribution in [0.1, 0.15) is 11.1 Å². The Kier molecular flexibility index (Phi) is 3.49. The van der Waals surface area contributed by atoms with Gasteiger partial charge >= 0.3 is 0 Å². The molecule has 3 N–H and O–H groups in total. The largest absolute Gasteiger partial charge is 0.397 e. The maximum atomic E-state index is 8.61. The minimum absolute atomic E-state index is 0.437. The minimum Gasteiger partial charge on any atom is -0.397 e. The van der Waals surface area contributed by atoms with E-state index in [1.54, 1.807) is 0 Å². The fraction of sp³-hybridized carbons (Fsp3) is 0.133. The van der Waals surface area contributed by atoms with Crippen molar-refractivity contribution in [2.45, 2.75) is 13.3 Å². The van der Waals surface area contributed by atoms with Crippen molar-refractivity contribution in [1.29, 1.82) is 5.26 Å². The lowest BCUT2D eigenvalue weighted by Gasteiger charge is -2.12. The Bertz CT molecular complexity index is 559. The summed E-state index contributed by atoms with van der Waals surface area (Å²) in [5, 5.41) is 11.9. The van der Waals surface area contributed by atoms with Crippen LogP contribution in [0.3, 0.4) is 0 Å². The molecule has 3 heteroatoms. The van der Waals surface area contributed by atoms with Gasteiger partial charge in [0, 0.05) is 5.69 Å². The van der Waals surface area contributed by atoms with Gasteiger partial charge in [-0.15, -0.1) is 0 Å². The van der Waals surface area contributed by atoms with E-state index in [-0.39, 0.29) is 0 Å². The second kappa shape index (κ2) is 5.24. The molecule has 0 amide bonds. The Labute approximate surface area is 107 Å². The summed E-state index contributed by atoms with van der Waals surface area (Å²) in [6.07, 6.45) is 0.437. The summed E-state index contributed by atoms with van der Waals surface area (Å²) in [6.45, 7) is 2.02. The summed E-state index contributed by atoms with van der Waals surface area (Å²) in [5.41, 5.74) is 10.7. The van der Waals surface area contributed by atoms with Crippen LogP contribution in [0.25, 0.3) is 0 Å². The van der Waals surface area contributed by atoms with Gasteiger partial charge in [-0.3, -0.25) is 0 Å². The molecular formula is C15H15N3. The third kappa shape index (κ3) is 2.61. The van der Waals surface area contributed by atoms with Gasteiger partial charge in [0.25, 0.3) is 0 Å². The monoisotopic (exact) mass is 237 g/mol. The summed E-state index contributed by atoms with van der Waals surface area (Å²) >= 11 is 0. The highest BCUT2D eigenvalue weighted by molar-refractivity contribution is 5.75. The maximum absolute atomic E-state index is 8.61. The predicted molar refractivity (Wildman–Crippen MR) is 74.6 cm³/mol. The average Bonchev–Trinajstić information content (AvgIpc) is 2.36. The van der Waals surface area contributed by atoms with Crippen LogP contribution in [0.2, 0.25) is 0 Å². The molecule has 2 aromatic rings. The molecule has 3 nitrogen and oxygen atoms in total. The van der Waals surface area contributed by atoms with Crippen molar-refractivity contribution in [2.75, 3.05) is 11.1 Å². The summed E-state index contributed by atoms with van der Waals surface area (Å²) in [4.78, 5) is 0. The van der Waals surface area contributed by atoms with Crippen LogP contribution >= 0.6 is 0 Å². The van der Waals surface area contributed by atoms with E-state index in [1.807, 2.05) is 49.4 Å². The van der Waals surface area contributed by atoms with E-state index >= 15 is 0 Å². The topological polar surface area (TPSA) is 61.8 Å². The van der Waals surface area contributed by atoms with Gasteiger partial charge in [-0.2, -0.15) is 5.26 Å². The molecule has 0 bridgehead atoms. The standard InChI is InChI=1S/C15H15N3/c1-11-3-2-4-14(17)15(11)18-13-7-5-12(6-8-13)9-10-16/h2-8,18H,9,17H2,1H3. The number of rotatable bonds is 3. The minimum atomic E-state index is 0.437. The molecular weight excluding hydrogens is 222 g/mol. The Morgan fingerprint density at radius 3 is 2.50 bits per heavy atom. The third-order valence-corrected chi connectivity index (χ3v) is 2.81. The number of nitriles is 1. The van der Waals surface area contributed by atoms with Crippen molar-refractivity contribution in [2.24, 2.45) is 0 Å². The quantitative estimate of drug-likeness (QED) is 0.804. The molecule has 0 saturated heterocycles. The molecule has 0 heterocycles. The molecule has 0 fully saturated rings. The molecule has 0 aliphatic heterocycles. The summed E-state index contributed by atoms with van der Waals surface area (Å²) < 4.78 is 0. The summed E-state index contributed by atoms with van der Waals surface area (Å²) in [5.74, 6) is 0. The van der Waals surface area contributed by atoms with Gasteiger partial charge in [0.1, 0.15) is 0 Å². The maximum Gasteiger partial charge on any atom is 0.0669 e. The van der Waals surface area contributed by atoms with Gasteiger partial charge in [-0.05, 0) is 36.2 Å². The fourth-order valence-electron chi connectivity index (χ4n) is 1.80. The van der Waals surface area contributed by atoms with Crippen molar-refractivity contribution in [3.05, 3.63) is 53.6 Å². The first-order valence-corrected chi connectivity index (χ1v) is 5.78. The lowest BCUT2D eigenvalue weighted by atomic mass is 10.1. The highest BCUT2D eigenvalue weighted by Gasteiger charge is 2.02. The van der Waals surface area contributed by atoms with Gasteiger partial charge in [0.15, 0.2) is 0 Å². The van der Waals surface area contributed by atoms with E-state index < -0.39 is 0 Å². The number of nitrogens with zero attached hydrogens (tertiary/aromatic N) is 1. The average molecular weight is 237 g/mol. The summed E-state index contributed by atoms with van der Waals surface area (Å²) in [6, 6.07) is 15.8. The van der Waals surface area contributed by atoms with Gasteiger partial charge < -0.3 is 11.1 Å². The number of nitrogen functional groups attached to an aromatic ring is 1. The van der Waals surface area contributed by atoms with Gasteiger partial charge in [-0.1, -0.05) is 24.3 Å². The Hall–Kier alpha value is -2.47. The van der Waals surface area contributed by atoms with Crippen molar-refractivity contribution in [3.8, 4) is 6.07 Å². The van der Waals surface area contributed by atoms with Gasteiger partial charge in [0.2, 0.25) is 0 Å². The highest BCUT2D eigenvalue weighted by Crippen LogP contribution is 2.26. The van der Waals surface area contributed by atoms with E-state index in [9.17, 15) is 0 Å². The first-order valence-electron chi connectivity index (χ1n) is 5.78. The second-order valence-electron chi connectivity index (χ2n) is 4.20. The van der Waals surface area contributed by atoms with Crippen molar-refractivity contribution in [1.82, 2.24) is 0 Å². The number of anilines is 3. The van der Waals surface area contributed by atoms with Crippen molar-refractivity contribution >= 4 is 17.1 Å². The smallest absolute Gasteiger partial charge is 0.0669 e. The Morgan fingerprint density at radius 1 is 1.17 bits per heavy atom. The number of nitrogens with one attached hydrogen (secondary N) is 1. The van der Waals surface area contributed by atoms with E-state index in [2.05, 4.69) is 11.4 Å². The molecule has 0 aromatic heterocycles. The van der Waals surface area contributed by atoms with Crippen LogP contribution in [0, 0.1) is 18.3 Å². The molecule has 0 aliphatic rings. The number of hydrogen-bond acceptors (Lipinski definition) is 3. The lowest BCUT2D eigenvalue weighted by molar-refractivity contribution is 1.26. The molecule has 0 unspecified atom stereocenters. The molecule has 0 radical (unpaired) electrons. The van der Waals surface area contributed by atoms with E-state index in [4.69, 9.17) is 11.0 Å².